The van der Waals surface area contributed by atoms with Crippen LogP contribution in [0.2, 0.25) is 5.02 Å². The van der Waals surface area contributed by atoms with E-state index in [1.807, 2.05) is 48.5 Å². The van der Waals surface area contributed by atoms with Crippen molar-refractivity contribution in [3.63, 3.8) is 0 Å². The van der Waals surface area contributed by atoms with Crippen LogP contribution in [0, 0.1) is 0 Å². The van der Waals surface area contributed by atoms with Gasteiger partial charge in [-0.05, 0) is 85.5 Å². The predicted molar refractivity (Wildman–Crippen MR) is 145 cm³/mol. The number of thioether (sulfide) groups is 1. The van der Waals surface area contributed by atoms with Crippen molar-refractivity contribution in [1.29, 1.82) is 0 Å². The van der Waals surface area contributed by atoms with Gasteiger partial charge in [0.1, 0.15) is 12.4 Å². The van der Waals surface area contributed by atoms with Crippen molar-refractivity contribution in [2.75, 3.05) is 0 Å². The van der Waals surface area contributed by atoms with Crippen molar-refractivity contribution >= 4 is 67.3 Å². The van der Waals surface area contributed by atoms with E-state index in [0.717, 1.165) is 38.3 Å². The van der Waals surface area contributed by atoms with Gasteiger partial charge < -0.3 is 4.74 Å². The Kier molecular flexibility index (Phi) is 6.95. The molecular weight excluding hydrogens is 546 g/mol. The minimum absolute atomic E-state index is 0.212. The highest BCUT2D eigenvalue weighted by Gasteiger charge is 2.35. The van der Waals surface area contributed by atoms with Crippen molar-refractivity contribution in [3.05, 3.63) is 116 Å². The number of imide groups is 1. The Labute approximate surface area is 220 Å². The van der Waals surface area contributed by atoms with Gasteiger partial charge in [-0.3, -0.25) is 14.5 Å². The summed E-state index contributed by atoms with van der Waals surface area (Å²) in [6.07, 6.45) is 1.73. The zero-order chi connectivity index (χ0) is 24.4. The molecule has 0 spiro atoms. The molecule has 0 bridgehead atoms. The lowest BCUT2D eigenvalue weighted by Crippen LogP contribution is -2.27. The van der Waals surface area contributed by atoms with Gasteiger partial charge in [0, 0.05) is 5.02 Å². The summed E-state index contributed by atoms with van der Waals surface area (Å²) in [6.45, 7) is 0.646. The first-order chi connectivity index (χ1) is 17.0. The zero-order valence-electron chi connectivity index (χ0n) is 18.4. The van der Waals surface area contributed by atoms with Crippen LogP contribution in [0.5, 0.6) is 5.75 Å². The molecule has 0 saturated carbocycles. The van der Waals surface area contributed by atoms with Crippen LogP contribution < -0.4 is 4.74 Å². The molecule has 2 amide bonds. The maximum absolute atomic E-state index is 12.9. The summed E-state index contributed by atoms with van der Waals surface area (Å²) in [7, 11) is 0. The summed E-state index contributed by atoms with van der Waals surface area (Å²) in [4.78, 5) is 27.0. The summed E-state index contributed by atoms with van der Waals surface area (Å²) in [5, 5.41) is 2.66. The van der Waals surface area contributed by atoms with Gasteiger partial charge in [0.25, 0.3) is 11.1 Å². The molecule has 0 aromatic heterocycles. The van der Waals surface area contributed by atoms with Crippen molar-refractivity contribution in [2.24, 2.45) is 0 Å². The lowest BCUT2D eigenvalue weighted by molar-refractivity contribution is -0.123. The van der Waals surface area contributed by atoms with E-state index in [1.54, 1.807) is 18.2 Å². The van der Waals surface area contributed by atoms with E-state index in [4.69, 9.17) is 16.3 Å². The van der Waals surface area contributed by atoms with Crippen molar-refractivity contribution < 1.29 is 14.3 Å². The standard InChI is InChI=1S/C28H19BrClNO3S/c29-24-14-19(10-13-25(24)34-17-21-6-3-5-20-4-1-2-7-23(20)21)15-26-27(32)31(28(33)35-26)16-18-8-11-22(30)12-9-18/h1-15H,16-17H2/b26-15-. The number of benzene rings is 4. The molecular formula is C28H19BrClNO3S. The largest absolute Gasteiger partial charge is 0.488 e. The molecule has 4 aromatic rings. The van der Waals surface area contributed by atoms with E-state index >= 15 is 0 Å². The van der Waals surface area contributed by atoms with E-state index in [0.29, 0.717) is 22.3 Å². The van der Waals surface area contributed by atoms with Gasteiger partial charge in [0.15, 0.2) is 0 Å². The second-order valence-corrected chi connectivity index (χ2v) is 10.3. The van der Waals surface area contributed by atoms with Crippen molar-refractivity contribution in [2.45, 2.75) is 13.2 Å². The number of fused-ring (bicyclic) bond motifs is 1. The third-order valence-corrected chi connectivity index (χ3v) is 7.42. The maximum atomic E-state index is 12.9. The molecule has 0 unspecified atom stereocenters. The summed E-state index contributed by atoms with van der Waals surface area (Å²) < 4.78 is 6.84. The first kappa shape index (κ1) is 23.7. The molecule has 1 saturated heterocycles. The van der Waals surface area contributed by atoms with Crippen LogP contribution >= 0.6 is 39.3 Å². The number of rotatable bonds is 6. The third kappa shape index (κ3) is 5.30. The van der Waals surface area contributed by atoms with Crippen molar-refractivity contribution in [1.82, 2.24) is 4.90 Å². The molecule has 7 heteroatoms. The van der Waals surface area contributed by atoms with E-state index in [1.165, 1.54) is 10.3 Å². The van der Waals surface area contributed by atoms with Gasteiger partial charge in [-0.2, -0.15) is 0 Å². The van der Waals surface area contributed by atoms with E-state index in [9.17, 15) is 9.59 Å². The second kappa shape index (κ2) is 10.3. The maximum Gasteiger partial charge on any atom is 0.293 e. The smallest absolute Gasteiger partial charge is 0.293 e. The fourth-order valence-corrected chi connectivity index (χ4v) is 5.33. The first-order valence-electron chi connectivity index (χ1n) is 10.9. The average Bonchev–Trinajstić information content (AvgIpc) is 3.12. The number of carbonyl (C=O) groups is 2. The summed E-state index contributed by atoms with van der Waals surface area (Å²) in [5.41, 5.74) is 2.74. The molecule has 1 fully saturated rings. The molecule has 1 aliphatic heterocycles. The minimum atomic E-state index is -0.303. The Morgan fingerprint density at radius 2 is 1.71 bits per heavy atom. The Morgan fingerprint density at radius 3 is 2.51 bits per heavy atom. The highest BCUT2D eigenvalue weighted by molar-refractivity contribution is 9.10. The molecule has 35 heavy (non-hydrogen) atoms. The molecule has 4 aromatic carbocycles. The van der Waals surface area contributed by atoms with E-state index < -0.39 is 0 Å². The summed E-state index contributed by atoms with van der Waals surface area (Å²) in [6, 6.07) is 27.1. The minimum Gasteiger partial charge on any atom is -0.488 e. The molecule has 0 aliphatic carbocycles. The monoisotopic (exact) mass is 563 g/mol. The Hall–Kier alpha value is -3.06. The normalized spacial score (nSPS) is 14.8. The van der Waals surface area contributed by atoms with Gasteiger partial charge in [-0.1, -0.05) is 72.3 Å². The average molecular weight is 565 g/mol. The number of nitrogens with zero attached hydrogens (tertiary/aromatic N) is 1. The number of amides is 2. The first-order valence-corrected chi connectivity index (χ1v) is 12.9. The Bertz CT molecular complexity index is 1460. The quantitative estimate of drug-likeness (QED) is 0.222. The summed E-state index contributed by atoms with van der Waals surface area (Å²) in [5.74, 6) is 0.397. The highest BCUT2D eigenvalue weighted by atomic mass is 79.9. The predicted octanol–water partition coefficient (Wildman–Crippen LogP) is 8.07. The fourth-order valence-electron chi connectivity index (χ4n) is 3.86. The topological polar surface area (TPSA) is 46.6 Å². The van der Waals surface area contributed by atoms with E-state index in [-0.39, 0.29) is 17.7 Å². The number of hydrogen-bond acceptors (Lipinski definition) is 4. The lowest BCUT2D eigenvalue weighted by atomic mass is 10.1. The third-order valence-electron chi connectivity index (χ3n) is 5.64. The van der Waals surface area contributed by atoms with Gasteiger partial charge in [0.05, 0.1) is 15.9 Å². The second-order valence-electron chi connectivity index (χ2n) is 8.01. The lowest BCUT2D eigenvalue weighted by Gasteiger charge is -2.12. The SMILES string of the molecule is O=C1S/C(=C\c2ccc(OCc3cccc4ccccc34)c(Br)c2)C(=O)N1Cc1ccc(Cl)cc1. The molecule has 5 rings (SSSR count). The number of carbonyl (C=O) groups excluding carboxylic acids is 2. The zero-order valence-corrected chi connectivity index (χ0v) is 21.6. The number of hydrogen-bond donors (Lipinski definition) is 0. The highest BCUT2D eigenvalue weighted by Crippen LogP contribution is 2.35. The van der Waals surface area contributed by atoms with Crippen LogP contribution in [0.15, 0.2) is 94.3 Å². The van der Waals surface area contributed by atoms with Gasteiger partial charge >= 0.3 is 0 Å². The van der Waals surface area contributed by atoms with Crippen LogP contribution in [-0.4, -0.2) is 16.0 Å². The Morgan fingerprint density at radius 1 is 0.943 bits per heavy atom. The van der Waals surface area contributed by atoms with Crippen LogP contribution in [0.25, 0.3) is 16.8 Å². The van der Waals surface area contributed by atoms with Crippen LogP contribution in [0.1, 0.15) is 16.7 Å². The van der Waals surface area contributed by atoms with Crippen molar-refractivity contribution in [3.8, 4) is 5.75 Å². The summed E-state index contributed by atoms with van der Waals surface area (Å²) >= 11 is 10.4. The van der Waals surface area contributed by atoms with Crippen LogP contribution in [0.3, 0.4) is 0 Å². The van der Waals surface area contributed by atoms with Gasteiger partial charge in [0.2, 0.25) is 0 Å². The molecule has 0 N–H and O–H groups in total. The molecule has 1 heterocycles. The van der Waals surface area contributed by atoms with Crippen LogP contribution in [0.4, 0.5) is 4.79 Å². The fraction of sp³-hybridized carbons (Fsp3) is 0.0714. The molecule has 1 aliphatic rings. The molecule has 0 radical (unpaired) electrons. The Balaban J connectivity index is 1.29. The van der Waals surface area contributed by atoms with Crippen LogP contribution in [-0.2, 0) is 17.9 Å². The molecule has 0 atom stereocenters. The number of ether oxygens (including phenoxy) is 1. The van der Waals surface area contributed by atoms with Gasteiger partial charge in [-0.25, -0.2) is 0 Å². The molecule has 174 valence electrons. The van der Waals surface area contributed by atoms with E-state index in [2.05, 4.69) is 40.2 Å². The number of halogens is 2. The van der Waals surface area contributed by atoms with Gasteiger partial charge in [-0.15, -0.1) is 0 Å². The molecule has 4 nitrogen and oxygen atoms in total.